The van der Waals surface area contributed by atoms with Crippen LogP contribution in [0.15, 0.2) is 6.07 Å². The second kappa shape index (κ2) is 4.00. The molecule has 0 amide bonds. The first-order chi connectivity index (χ1) is 6.78. The van der Waals surface area contributed by atoms with Gasteiger partial charge in [-0.2, -0.15) is 4.39 Å². The lowest BCUT2D eigenvalue weighted by Crippen LogP contribution is -2.27. The largest absolute Gasteiger partial charge is 0.459 e. The highest BCUT2D eigenvalue weighted by atomic mass is 19.1. The van der Waals surface area contributed by atoms with E-state index in [0.29, 0.717) is 5.69 Å². The van der Waals surface area contributed by atoms with Crippen LogP contribution < -0.4 is 0 Å². The summed E-state index contributed by atoms with van der Waals surface area (Å²) >= 11 is 0. The number of nitrogens with zero attached hydrogens (tertiary/aromatic N) is 2. The monoisotopic (exact) mass is 214 g/mol. The molecule has 0 unspecified atom stereocenters. The molecule has 0 aliphatic rings. The Hall–Kier alpha value is -1.39. The average Bonchev–Trinajstić information content (AvgIpc) is 2.25. The van der Waals surface area contributed by atoms with Crippen LogP contribution >= 0.6 is 0 Å². The van der Waals surface area contributed by atoms with Gasteiger partial charge in [0.05, 0.1) is 0 Å². The molecule has 0 saturated carbocycles. The molecular formula is C10H15FN2O2. The Bertz CT molecular complexity index is 366. The summed E-state index contributed by atoms with van der Waals surface area (Å²) in [5.74, 6) is -1.01. The number of ether oxygens (including phenoxy) is 1. The van der Waals surface area contributed by atoms with Crippen LogP contribution in [0.5, 0.6) is 0 Å². The fourth-order valence-electron chi connectivity index (χ4n) is 1.13. The third-order valence-electron chi connectivity index (χ3n) is 1.65. The molecule has 1 heterocycles. The summed E-state index contributed by atoms with van der Waals surface area (Å²) in [5, 5.41) is 3.53. The minimum atomic E-state index is -0.587. The number of halogens is 1. The van der Waals surface area contributed by atoms with E-state index in [-0.39, 0.29) is 6.54 Å². The summed E-state index contributed by atoms with van der Waals surface area (Å²) in [6, 6.07) is 1.27. The van der Waals surface area contributed by atoms with Gasteiger partial charge in [-0.25, -0.2) is 0 Å². The zero-order valence-electron chi connectivity index (χ0n) is 9.37. The second-order valence-corrected chi connectivity index (χ2v) is 4.35. The first-order valence-electron chi connectivity index (χ1n) is 4.70. The van der Waals surface area contributed by atoms with E-state index in [1.165, 1.54) is 10.7 Å². The van der Waals surface area contributed by atoms with Crippen molar-refractivity contribution in [2.75, 3.05) is 0 Å². The molecule has 0 radical (unpaired) electrons. The Morgan fingerprint density at radius 1 is 1.60 bits per heavy atom. The van der Waals surface area contributed by atoms with Gasteiger partial charge in [-0.05, 0) is 27.7 Å². The van der Waals surface area contributed by atoms with Crippen molar-refractivity contribution in [1.82, 2.24) is 9.78 Å². The van der Waals surface area contributed by atoms with Crippen molar-refractivity contribution in [2.45, 2.75) is 39.8 Å². The van der Waals surface area contributed by atoms with Crippen LogP contribution in [0, 0.1) is 12.9 Å². The molecule has 0 saturated heterocycles. The van der Waals surface area contributed by atoms with Gasteiger partial charge in [0, 0.05) is 11.8 Å². The van der Waals surface area contributed by atoms with Crippen molar-refractivity contribution >= 4 is 5.97 Å². The van der Waals surface area contributed by atoms with Crippen molar-refractivity contribution in [3.8, 4) is 0 Å². The maximum absolute atomic E-state index is 12.7. The van der Waals surface area contributed by atoms with Crippen LogP contribution in [-0.2, 0) is 16.1 Å². The molecule has 5 heteroatoms. The molecule has 1 rings (SSSR count). The van der Waals surface area contributed by atoms with Crippen LogP contribution in [0.4, 0.5) is 4.39 Å². The van der Waals surface area contributed by atoms with Crippen LogP contribution in [0.25, 0.3) is 0 Å². The Morgan fingerprint density at radius 3 is 2.60 bits per heavy atom. The van der Waals surface area contributed by atoms with Gasteiger partial charge in [0.1, 0.15) is 12.1 Å². The van der Waals surface area contributed by atoms with Gasteiger partial charge < -0.3 is 4.74 Å². The van der Waals surface area contributed by atoms with E-state index in [1.54, 1.807) is 27.7 Å². The second-order valence-electron chi connectivity index (χ2n) is 4.35. The number of hydrogen-bond acceptors (Lipinski definition) is 3. The molecule has 15 heavy (non-hydrogen) atoms. The summed E-state index contributed by atoms with van der Waals surface area (Å²) in [4.78, 5) is 11.4. The highest BCUT2D eigenvalue weighted by Crippen LogP contribution is 2.08. The molecule has 0 spiro atoms. The van der Waals surface area contributed by atoms with Crippen molar-refractivity contribution in [2.24, 2.45) is 0 Å². The van der Waals surface area contributed by atoms with Crippen molar-refractivity contribution < 1.29 is 13.9 Å². The lowest BCUT2D eigenvalue weighted by atomic mass is 10.2. The summed E-state index contributed by atoms with van der Waals surface area (Å²) in [6.07, 6.45) is 0. The fourth-order valence-corrected chi connectivity index (χ4v) is 1.13. The lowest BCUT2D eigenvalue weighted by Gasteiger charge is -2.19. The van der Waals surface area contributed by atoms with Crippen LogP contribution in [0.2, 0.25) is 0 Å². The molecule has 0 atom stereocenters. The number of esters is 1. The molecule has 0 fully saturated rings. The summed E-state index contributed by atoms with van der Waals surface area (Å²) in [5.41, 5.74) is 0.0646. The molecule has 0 aliphatic carbocycles. The number of aromatic nitrogens is 2. The van der Waals surface area contributed by atoms with Gasteiger partial charge in [-0.1, -0.05) is 0 Å². The predicted molar refractivity (Wildman–Crippen MR) is 52.8 cm³/mol. The van der Waals surface area contributed by atoms with E-state index >= 15 is 0 Å². The maximum atomic E-state index is 12.7. The lowest BCUT2D eigenvalue weighted by molar-refractivity contribution is -0.155. The van der Waals surface area contributed by atoms with Crippen molar-refractivity contribution in [3.63, 3.8) is 0 Å². The fraction of sp³-hybridized carbons (Fsp3) is 0.600. The molecular weight excluding hydrogens is 199 g/mol. The van der Waals surface area contributed by atoms with Crippen LogP contribution in [-0.4, -0.2) is 21.4 Å². The van der Waals surface area contributed by atoms with Gasteiger partial charge in [0.15, 0.2) is 0 Å². The normalized spacial score (nSPS) is 11.5. The predicted octanol–water partition coefficient (Wildman–Crippen LogP) is 1.67. The van der Waals surface area contributed by atoms with Crippen molar-refractivity contribution in [1.29, 1.82) is 0 Å². The van der Waals surface area contributed by atoms with Gasteiger partial charge in [0.2, 0.25) is 5.95 Å². The Kier molecular flexibility index (Phi) is 3.12. The zero-order chi connectivity index (χ0) is 11.6. The van der Waals surface area contributed by atoms with E-state index < -0.39 is 17.5 Å². The molecule has 4 nitrogen and oxygen atoms in total. The van der Waals surface area contributed by atoms with E-state index in [0.717, 1.165) is 0 Å². The Labute approximate surface area is 88.0 Å². The highest BCUT2D eigenvalue weighted by Gasteiger charge is 2.17. The van der Waals surface area contributed by atoms with Gasteiger partial charge in [0.25, 0.3) is 0 Å². The minimum Gasteiger partial charge on any atom is -0.459 e. The molecule has 1 aromatic heterocycles. The van der Waals surface area contributed by atoms with E-state index in [4.69, 9.17) is 4.74 Å². The standard InChI is InChI=1S/C10H15FN2O2/c1-7-5-8(11)12-13(7)6-9(14)15-10(2,3)4/h5H,6H2,1-4H3. The quantitative estimate of drug-likeness (QED) is 0.703. The van der Waals surface area contributed by atoms with Gasteiger partial charge >= 0.3 is 5.97 Å². The van der Waals surface area contributed by atoms with Gasteiger partial charge in [-0.15, -0.1) is 5.10 Å². The molecule has 0 aromatic carbocycles. The topological polar surface area (TPSA) is 44.1 Å². The average molecular weight is 214 g/mol. The number of carbonyl (C=O) groups excluding carboxylic acids is 1. The maximum Gasteiger partial charge on any atom is 0.328 e. The Morgan fingerprint density at radius 2 is 2.20 bits per heavy atom. The third-order valence-corrected chi connectivity index (χ3v) is 1.65. The molecule has 1 aromatic rings. The number of aryl methyl sites for hydroxylation is 1. The third kappa shape index (κ3) is 3.69. The smallest absolute Gasteiger partial charge is 0.328 e. The zero-order valence-corrected chi connectivity index (χ0v) is 9.37. The highest BCUT2D eigenvalue weighted by molar-refractivity contribution is 5.69. The van der Waals surface area contributed by atoms with E-state index in [9.17, 15) is 9.18 Å². The molecule has 0 bridgehead atoms. The van der Waals surface area contributed by atoms with Gasteiger partial charge in [-0.3, -0.25) is 9.48 Å². The first-order valence-corrected chi connectivity index (χ1v) is 4.70. The van der Waals surface area contributed by atoms with E-state index in [1.807, 2.05) is 0 Å². The Balaban J connectivity index is 2.63. The number of carbonyl (C=O) groups is 1. The summed E-state index contributed by atoms with van der Waals surface area (Å²) in [7, 11) is 0. The minimum absolute atomic E-state index is 0.0625. The van der Waals surface area contributed by atoms with Crippen molar-refractivity contribution in [3.05, 3.63) is 17.7 Å². The van der Waals surface area contributed by atoms with Crippen LogP contribution in [0.1, 0.15) is 26.5 Å². The molecule has 84 valence electrons. The summed E-state index contributed by atoms with van der Waals surface area (Å²) < 4.78 is 19.1. The molecule has 0 N–H and O–H groups in total. The van der Waals surface area contributed by atoms with Crippen LogP contribution in [0.3, 0.4) is 0 Å². The number of rotatable bonds is 2. The number of hydrogen-bond donors (Lipinski definition) is 0. The first kappa shape index (κ1) is 11.7. The van der Waals surface area contributed by atoms with E-state index in [2.05, 4.69) is 5.10 Å². The molecule has 0 aliphatic heterocycles. The summed E-state index contributed by atoms with van der Waals surface area (Å²) in [6.45, 7) is 6.96. The SMILES string of the molecule is Cc1cc(F)nn1CC(=O)OC(C)(C)C.